The average molecular weight is 428 g/mol. The molecule has 0 bridgehead atoms. The number of aryl methyl sites for hydroxylation is 1. The number of piperidine rings is 1. The van der Waals surface area contributed by atoms with Gasteiger partial charge in [0.1, 0.15) is 17.3 Å². The summed E-state index contributed by atoms with van der Waals surface area (Å²) >= 11 is 5.91. The van der Waals surface area contributed by atoms with Crippen molar-refractivity contribution in [3.05, 3.63) is 47.4 Å². The van der Waals surface area contributed by atoms with Crippen molar-refractivity contribution in [2.24, 2.45) is 5.92 Å². The maximum atomic E-state index is 12.8. The van der Waals surface area contributed by atoms with Crippen LogP contribution in [0.4, 0.5) is 11.5 Å². The number of benzene rings is 1. The molecule has 1 aliphatic rings. The van der Waals surface area contributed by atoms with E-state index in [0.29, 0.717) is 28.0 Å². The molecule has 30 heavy (non-hydrogen) atoms. The summed E-state index contributed by atoms with van der Waals surface area (Å²) in [7, 11) is 1.58. The van der Waals surface area contributed by atoms with Crippen LogP contribution < -0.4 is 15.0 Å². The van der Waals surface area contributed by atoms with Gasteiger partial charge in [0, 0.05) is 30.9 Å². The molecule has 4 rings (SSSR count). The van der Waals surface area contributed by atoms with Crippen molar-refractivity contribution in [3.63, 3.8) is 0 Å². The monoisotopic (exact) mass is 427 g/mol. The molecule has 2 aromatic heterocycles. The highest BCUT2D eigenvalue weighted by molar-refractivity contribution is 6.30. The lowest BCUT2D eigenvalue weighted by Gasteiger charge is -2.32. The van der Waals surface area contributed by atoms with Crippen LogP contribution in [0.3, 0.4) is 0 Å². The van der Waals surface area contributed by atoms with E-state index in [0.717, 1.165) is 31.7 Å². The van der Waals surface area contributed by atoms with Gasteiger partial charge in [0.25, 0.3) is 0 Å². The number of tetrazole rings is 1. The number of carbonyl (C=O) groups excluding carboxylic acids is 1. The van der Waals surface area contributed by atoms with Crippen LogP contribution in [0.1, 0.15) is 18.7 Å². The first-order chi connectivity index (χ1) is 14.5. The summed E-state index contributed by atoms with van der Waals surface area (Å²) in [6.07, 6.45) is 3.15. The van der Waals surface area contributed by atoms with E-state index in [1.165, 1.54) is 0 Å². The van der Waals surface area contributed by atoms with Gasteiger partial charge in [-0.3, -0.25) is 4.79 Å². The average Bonchev–Trinajstić information content (AvgIpc) is 3.20. The zero-order chi connectivity index (χ0) is 21.1. The SMILES string of the molecule is COc1ccc(NC(=O)C2CCN(c3ccc(Cl)cn3)CC2)cc1-n1nnnc1C. The Labute approximate surface area is 179 Å². The number of nitrogens with zero attached hydrogens (tertiary/aromatic N) is 6. The van der Waals surface area contributed by atoms with Crippen LogP contribution in [0.25, 0.3) is 5.69 Å². The number of pyridine rings is 1. The molecule has 0 spiro atoms. The second-order valence-electron chi connectivity index (χ2n) is 7.11. The molecule has 0 aliphatic carbocycles. The fourth-order valence-corrected chi connectivity index (χ4v) is 3.67. The predicted octanol–water partition coefficient (Wildman–Crippen LogP) is 2.88. The minimum absolute atomic E-state index is 0.00303. The first-order valence-corrected chi connectivity index (χ1v) is 10.0. The van der Waals surface area contributed by atoms with Crippen molar-refractivity contribution in [2.45, 2.75) is 19.8 Å². The Morgan fingerprint density at radius 2 is 2.03 bits per heavy atom. The van der Waals surface area contributed by atoms with Gasteiger partial charge in [-0.25, -0.2) is 4.98 Å². The Bertz CT molecular complexity index is 1030. The molecule has 1 aromatic carbocycles. The van der Waals surface area contributed by atoms with Crippen LogP contribution in [0.5, 0.6) is 5.75 Å². The minimum atomic E-state index is -0.0612. The highest BCUT2D eigenvalue weighted by Crippen LogP contribution is 2.28. The standard InChI is InChI=1S/C20H22ClN7O2/c1-13-24-25-26-28(13)17-11-16(4-5-18(17)30-2)23-20(29)14-7-9-27(10-8-14)19-6-3-15(21)12-22-19/h3-6,11-12,14H,7-10H2,1-2H3,(H,23,29). The molecule has 0 unspecified atom stereocenters. The van der Waals surface area contributed by atoms with Gasteiger partial charge in [-0.15, -0.1) is 5.10 Å². The highest BCUT2D eigenvalue weighted by atomic mass is 35.5. The molecule has 0 radical (unpaired) electrons. The maximum Gasteiger partial charge on any atom is 0.227 e. The van der Waals surface area contributed by atoms with Gasteiger partial charge in [0.15, 0.2) is 5.82 Å². The van der Waals surface area contributed by atoms with E-state index in [2.05, 4.69) is 30.7 Å². The number of methoxy groups -OCH3 is 1. The number of anilines is 2. The Morgan fingerprint density at radius 3 is 2.67 bits per heavy atom. The largest absolute Gasteiger partial charge is 0.494 e. The summed E-state index contributed by atoms with van der Waals surface area (Å²) in [5.41, 5.74) is 1.34. The maximum absolute atomic E-state index is 12.8. The lowest BCUT2D eigenvalue weighted by Crippen LogP contribution is -2.38. The van der Waals surface area contributed by atoms with Gasteiger partial charge in [-0.1, -0.05) is 11.6 Å². The van der Waals surface area contributed by atoms with Crippen LogP contribution in [0.15, 0.2) is 36.5 Å². The van der Waals surface area contributed by atoms with Gasteiger partial charge in [0.2, 0.25) is 5.91 Å². The fraction of sp³-hybridized carbons (Fsp3) is 0.350. The number of amides is 1. The molecule has 0 atom stereocenters. The lowest BCUT2D eigenvalue weighted by molar-refractivity contribution is -0.120. The number of nitrogens with one attached hydrogen (secondary N) is 1. The van der Waals surface area contributed by atoms with Crippen LogP contribution in [0.2, 0.25) is 5.02 Å². The lowest BCUT2D eigenvalue weighted by atomic mass is 9.95. The Kier molecular flexibility index (Phi) is 5.80. The summed E-state index contributed by atoms with van der Waals surface area (Å²) in [5.74, 6) is 2.07. The summed E-state index contributed by atoms with van der Waals surface area (Å²) in [6.45, 7) is 3.34. The minimum Gasteiger partial charge on any atom is -0.494 e. The zero-order valence-electron chi connectivity index (χ0n) is 16.7. The molecule has 3 aromatic rings. The van der Waals surface area contributed by atoms with Gasteiger partial charge in [0.05, 0.1) is 12.1 Å². The number of carbonyl (C=O) groups is 1. The van der Waals surface area contributed by atoms with Crippen molar-refractivity contribution in [1.29, 1.82) is 0 Å². The Morgan fingerprint density at radius 1 is 1.23 bits per heavy atom. The number of halogens is 1. The van der Waals surface area contributed by atoms with Crippen LogP contribution in [-0.4, -0.2) is 51.3 Å². The topological polar surface area (TPSA) is 98.1 Å². The van der Waals surface area contributed by atoms with Gasteiger partial charge < -0.3 is 15.0 Å². The number of rotatable bonds is 5. The van der Waals surface area contributed by atoms with Gasteiger partial charge in [-0.2, -0.15) is 4.68 Å². The van der Waals surface area contributed by atoms with Crippen LogP contribution >= 0.6 is 11.6 Å². The van der Waals surface area contributed by atoms with Crippen molar-refractivity contribution < 1.29 is 9.53 Å². The highest BCUT2D eigenvalue weighted by Gasteiger charge is 2.26. The fourth-order valence-electron chi connectivity index (χ4n) is 3.56. The van der Waals surface area contributed by atoms with Crippen LogP contribution in [-0.2, 0) is 4.79 Å². The second kappa shape index (κ2) is 8.66. The molecule has 10 heteroatoms. The number of hydrogen-bond acceptors (Lipinski definition) is 7. The first kappa shape index (κ1) is 20.1. The van der Waals surface area contributed by atoms with Crippen LogP contribution in [0, 0.1) is 12.8 Å². The third-order valence-electron chi connectivity index (χ3n) is 5.20. The quantitative estimate of drug-likeness (QED) is 0.668. The molecule has 3 heterocycles. The number of aromatic nitrogens is 5. The van der Waals surface area contributed by atoms with Gasteiger partial charge in [-0.05, 0) is 60.5 Å². The van der Waals surface area contributed by atoms with Crippen molar-refractivity contribution >= 4 is 29.0 Å². The Hall–Kier alpha value is -3.20. The van der Waals surface area contributed by atoms with Crippen molar-refractivity contribution in [2.75, 3.05) is 30.4 Å². The predicted molar refractivity (Wildman–Crippen MR) is 113 cm³/mol. The molecular formula is C20H22ClN7O2. The van der Waals surface area contributed by atoms with E-state index in [4.69, 9.17) is 16.3 Å². The van der Waals surface area contributed by atoms with E-state index < -0.39 is 0 Å². The van der Waals surface area contributed by atoms with Crippen molar-refractivity contribution in [1.82, 2.24) is 25.2 Å². The third-order valence-corrected chi connectivity index (χ3v) is 5.43. The summed E-state index contributed by atoms with van der Waals surface area (Å²) < 4.78 is 6.99. The van der Waals surface area contributed by atoms with E-state index in [9.17, 15) is 4.79 Å². The molecule has 156 valence electrons. The van der Waals surface area contributed by atoms with E-state index >= 15 is 0 Å². The smallest absolute Gasteiger partial charge is 0.227 e. The van der Waals surface area contributed by atoms with Gasteiger partial charge >= 0.3 is 0 Å². The van der Waals surface area contributed by atoms with Crippen molar-refractivity contribution in [3.8, 4) is 11.4 Å². The molecular weight excluding hydrogens is 406 g/mol. The summed E-state index contributed by atoms with van der Waals surface area (Å²) in [4.78, 5) is 19.4. The molecule has 1 fully saturated rings. The normalized spacial score (nSPS) is 14.6. The first-order valence-electron chi connectivity index (χ1n) is 9.66. The summed E-state index contributed by atoms with van der Waals surface area (Å²) in [5, 5.41) is 15.2. The molecule has 1 N–H and O–H groups in total. The van der Waals surface area contributed by atoms with E-state index in [1.54, 1.807) is 31.0 Å². The molecule has 0 saturated carbocycles. The van der Waals surface area contributed by atoms with E-state index in [-0.39, 0.29) is 11.8 Å². The number of ether oxygens (including phenoxy) is 1. The second-order valence-corrected chi connectivity index (χ2v) is 7.55. The number of hydrogen-bond donors (Lipinski definition) is 1. The Balaban J connectivity index is 1.42. The zero-order valence-corrected chi connectivity index (χ0v) is 17.5. The summed E-state index contributed by atoms with van der Waals surface area (Å²) in [6, 6.07) is 9.15. The van der Waals surface area contributed by atoms with E-state index in [1.807, 2.05) is 24.3 Å². The molecule has 1 amide bonds. The molecule has 1 aliphatic heterocycles. The molecule has 1 saturated heterocycles. The molecule has 9 nitrogen and oxygen atoms in total. The third kappa shape index (κ3) is 4.20.